The lowest BCUT2D eigenvalue weighted by Crippen LogP contribution is -2.58. The van der Waals surface area contributed by atoms with E-state index < -0.39 is 34.4 Å². The summed E-state index contributed by atoms with van der Waals surface area (Å²) >= 11 is 3.83. The van der Waals surface area contributed by atoms with Crippen molar-refractivity contribution in [3.63, 3.8) is 0 Å². The number of aromatic hydroxyl groups is 2. The first kappa shape index (κ1) is 22.4. The lowest BCUT2D eigenvalue weighted by atomic mass is 9.51. The Bertz CT molecular complexity index is 1120. The standard InChI is InChI=1S/C24H26BrNO7/c1-22(7-6-15(29)26-17-13(27)4-3-11(18(17)30)21(31)32)14(28)5-8-24-9-12-16(25)19(20(22)24)33-23(12,2)10-24/h3-5,8,12,16,19-20,27,30H,6-7,9-10H2,1-2H3,(H,26,29)(H,31,32)/t12?,16-,19?,20?,22?,23?,24?/m0/s1. The number of carboxylic acids is 1. The van der Waals surface area contributed by atoms with Crippen LogP contribution >= 0.6 is 15.9 Å². The van der Waals surface area contributed by atoms with Gasteiger partial charge in [0, 0.05) is 28.5 Å². The Labute approximate surface area is 199 Å². The maximum absolute atomic E-state index is 13.2. The molecule has 6 rings (SSSR count). The van der Waals surface area contributed by atoms with Crippen molar-refractivity contribution in [2.24, 2.45) is 22.7 Å². The van der Waals surface area contributed by atoms with Gasteiger partial charge in [-0.05, 0) is 49.8 Å². The van der Waals surface area contributed by atoms with Crippen molar-refractivity contribution in [3.8, 4) is 11.5 Å². The molecule has 0 aromatic heterocycles. The number of carbonyl (C=O) groups is 3. The number of phenols is 2. The number of nitrogens with one attached hydrogen (secondary N) is 1. The minimum Gasteiger partial charge on any atom is -0.506 e. The van der Waals surface area contributed by atoms with Crippen LogP contribution in [0.2, 0.25) is 0 Å². The molecule has 8 nitrogen and oxygen atoms in total. The van der Waals surface area contributed by atoms with Crippen LogP contribution in [0.5, 0.6) is 11.5 Å². The number of carboxylic acid groups (broad SMARTS) is 1. The highest BCUT2D eigenvalue weighted by Gasteiger charge is 2.74. The molecule has 1 aromatic rings. The number of alkyl halides is 1. The van der Waals surface area contributed by atoms with Crippen LogP contribution < -0.4 is 5.32 Å². The molecule has 33 heavy (non-hydrogen) atoms. The normalized spacial score (nSPS) is 40.2. The maximum atomic E-state index is 13.2. The molecule has 2 saturated carbocycles. The molecular weight excluding hydrogens is 494 g/mol. The van der Waals surface area contributed by atoms with E-state index in [2.05, 4.69) is 34.2 Å². The molecule has 5 aliphatic rings. The van der Waals surface area contributed by atoms with Crippen molar-refractivity contribution >= 4 is 39.3 Å². The Kier molecular flexibility index (Phi) is 4.79. The molecule has 2 saturated heterocycles. The van der Waals surface area contributed by atoms with E-state index >= 15 is 0 Å². The maximum Gasteiger partial charge on any atom is 0.339 e. The number of allylic oxidation sites excluding steroid dienone is 2. The average Bonchev–Trinajstić information content (AvgIpc) is 3.08. The summed E-state index contributed by atoms with van der Waals surface area (Å²) < 4.78 is 6.47. The zero-order chi connectivity index (χ0) is 23.9. The van der Waals surface area contributed by atoms with Crippen molar-refractivity contribution in [1.29, 1.82) is 0 Å². The molecule has 3 aliphatic carbocycles. The highest BCUT2D eigenvalue weighted by molar-refractivity contribution is 9.09. The predicted molar refractivity (Wildman–Crippen MR) is 121 cm³/mol. The van der Waals surface area contributed by atoms with E-state index in [1.54, 1.807) is 6.08 Å². The van der Waals surface area contributed by atoms with Crippen LogP contribution in [0, 0.1) is 22.7 Å². The molecule has 0 radical (unpaired) electrons. The van der Waals surface area contributed by atoms with E-state index in [0.717, 1.165) is 25.0 Å². The third-order valence-corrected chi connectivity index (χ3v) is 9.61. The van der Waals surface area contributed by atoms with Gasteiger partial charge in [-0.2, -0.15) is 0 Å². The van der Waals surface area contributed by atoms with Crippen LogP contribution in [0.15, 0.2) is 24.3 Å². The topological polar surface area (TPSA) is 133 Å². The van der Waals surface area contributed by atoms with E-state index in [1.807, 2.05) is 6.92 Å². The van der Waals surface area contributed by atoms with E-state index in [0.29, 0.717) is 5.92 Å². The van der Waals surface area contributed by atoms with Crippen LogP contribution in [-0.2, 0) is 14.3 Å². The lowest BCUT2D eigenvalue weighted by Gasteiger charge is -2.56. The molecule has 6 unspecified atom stereocenters. The van der Waals surface area contributed by atoms with Crippen molar-refractivity contribution in [1.82, 2.24) is 0 Å². The number of hydrogen-bond acceptors (Lipinski definition) is 6. The fourth-order valence-electron chi connectivity index (χ4n) is 7.02. The number of ketones is 1. The van der Waals surface area contributed by atoms with Crippen molar-refractivity contribution in [2.45, 2.75) is 56.1 Å². The van der Waals surface area contributed by atoms with Crippen molar-refractivity contribution in [3.05, 3.63) is 29.8 Å². The van der Waals surface area contributed by atoms with E-state index in [4.69, 9.17) is 9.84 Å². The highest BCUT2D eigenvalue weighted by atomic mass is 79.9. The second kappa shape index (κ2) is 7.06. The molecule has 2 aliphatic heterocycles. The van der Waals surface area contributed by atoms with Gasteiger partial charge in [0.1, 0.15) is 17.0 Å². The Morgan fingerprint density at radius 2 is 2.00 bits per heavy atom. The first-order valence-corrected chi connectivity index (χ1v) is 12.0. The molecule has 1 spiro atoms. The Morgan fingerprint density at radius 1 is 1.27 bits per heavy atom. The molecule has 7 atom stereocenters. The zero-order valence-corrected chi connectivity index (χ0v) is 19.9. The number of rotatable bonds is 5. The summed E-state index contributed by atoms with van der Waals surface area (Å²) in [6.07, 6.45) is 5.63. The second-order valence-corrected chi connectivity index (χ2v) is 11.4. The van der Waals surface area contributed by atoms with Gasteiger partial charge in [0.15, 0.2) is 11.5 Å². The fraction of sp³-hybridized carbons (Fsp3) is 0.542. The summed E-state index contributed by atoms with van der Waals surface area (Å²) in [4.78, 5) is 37.3. The van der Waals surface area contributed by atoms with Crippen molar-refractivity contribution in [2.75, 3.05) is 5.32 Å². The Hall–Kier alpha value is -2.39. The number of aromatic carboxylic acids is 1. The van der Waals surface area contributed by atoms with Crippen molar-refractivity contribution < 1.29 is 34.4 Å². The highest BCUT2D eigenvalue weighted by Crippen LogP contribution is 2.72. The molecule has 9 heteroatoms. The molecule has 176 valence electrons. The van der Waals surface area contributed by atoms with Gasteiger partial charge in [-0.3, -0.25) is 9.59 Å². The van der Waals surface area contributed by atoms with Gasteiger partial charge in [0.2, 0.25) is 5.91 Å². The van der Waals surface area contributed by atoms with Crippen LogP contribution in [0.3, 0.4) is 0 Å². The van der Waals surface area contributed by atoms with Gasteiger partial charge in [-0.25, -0.2) is 4.79 Å². The van der Waals surface area contributed by atoms with Gasteiger partial charge in [0.05, 0.1) is 11.7 Å². The SMILES string of the molecule is CC12CC34C=CC(=O)C(C)(CCC(=O)Nc5c(O)ccc(C(=O)O)c5O)C3C(O1)[C@@H](Br)C2C4. The molecule has 1 aromatic carbocycles. The largest absolute Gasteiger partial charge is 0.506 e. The molecule has 2 heterocycles. The van der Waals surface area contributed by atoms with E-state index in [1.165, 1.54) is 0 Å². The monoisotopic (exact) mass is 519 g/mol. The summed E-state index contributed by atoms with van der Waals surface area (Å²) in [5, 5.41) is 31.8. The van der Waals surface area contributed by atoms with Gasteiger partial charge < -0.3 is 25.4 Å². The first-order chi connectivity index (χ1) is 15.4. The number of anilines is 1. The predicted octanol–water partition coefficient (Wildman–Crippen LogP) is 3.61. The van der Waals surface area contributed by atoms with Gasteiger partial charge in [-0.15, -0.1) is 0 Å². The molecule has 1 amide bonds. The third-order valence-electron chi connectivity index (χ3n) is 8.45. The number of carbonyl (C=O) groups excluding carboxylic acids is 2. The lowest BCUT2D eigenvalue weighted by molar-refractivity contribution is -0.168. The summed E-state index contributed by atoms with van der Waals surface area (Å²) in [5.41, 5.74) is -1.94. The molecule has 4 bridgehead atoms. The summed E-state index contributed by atoms with van der Waals surface area (Å²) in [6.45, 7) is 4.05. The third kappa shape index (κ3) is 3.01. The van der Waals surface area contributed by atoms with Crippen LogP contribution in [0.4, 0.5) is 5.69 Å². The number of amides is 1. The Balaban J connectivity index is 1.38. The fourth-order valence-corrected chi connectivity index (χ4v) is 8.18. The Morgan fingerprint density at radius 3 is 2.67 bits per heavy atom. The number of phenolic OH excluding ortho intramolecular Hbond substituents is 1. The first-order valence-electron chi connectivity index (χ1n) is 11.1. The quantitative estimate of drug-likeness (QED) is 0.344. The zero-order valence-electron chi connectivity index (χ0n) is 18.3. The van der Waals surface area contributed by atoms with Crippen LogP contribution in [-0.4, -0.2) is 49.5 Å². The van der Waals surface area contributed by atoms with Crippen LogP contribution in [0.25, 0.3) is 0 Å². The average molecular weight is 520 g/mol. The van der Waals surface area contributed by atoms with Gasteiger partial charge in [-0.1, -0.05) is 28.9 Å². The second-order valence-electron chi connectivity index (χ2n) is 10.4. The minimum atomic E-state index is -1.38. The van der Waals surface area contributed by atoms with Gasteiger partial charge in [0.25, 0.3) is 0 Å². The van der Waals surface area contributed by atoms with E-state index in [9.17, 15) is 24.6 Å². The number of hydrogen-bond donors (Lipinski definition) is 4. The van der Waals surface area contributed by atoms with Crippen LogP contribution in [0.1, 0.15) is 49.9 Å². The number of halogens is 1. The summed E-state index contributed by atoms with van der Waals surface area (Å²) in [7, 11) is 0. The van der Waals surface area contributed by atoms with Gasteiger partial charge >= 0.3 is 5.97 Å². The smallest absolute Gasteiger partial charge is 0.339 e. The molecular formula is C24H26BrNO7. The molecule has 4 fully saturated rings. The minimum absolute atomic E-state index is 0.0354. The number of benzene rings is 1. The number of ether oxygens (including phenoxy) is 1. The van der Waals surface area contributed by atoms with E-state index in [-0.39, 0.29) is 52.2 Å². The summed E-state index contributed by atoms with van der Waals surface area (Å²) in [5.74, 6) is -2.79. The molecule has 4 N–H and O–H groups in total. The summed E-state index contributed by atoms with van der Waals surface area (Å²) in [6, 6.07) is 2.15.